The monoisotopic (exact) mass is 1340 g/mol. The second-order valence-corrected chi connectivity index (χ2v) is 28.3. The summed E-state index contributed by atoms with van der Waals surface area (Å²) in [5.41, 5.74) is 43.9. The quantitative estimate of drug-likeness (QED) is 0.149. The Morgan fingerprint density at radius 2 is 0.379 bits per heavy atom. The Balaban J connectivity index is 0.000000152. The fraction of sp³-hybridized carbons (Fsp3) is 0.184. The lowest BCUT2D eigenvalue weighted by atomic mass is 9.93. The molecule has 0 saturated carbocycles. The molecule has 14 aromatic carbocycles. The Kier molecular flexibility index (Phi) is 28.9. The van der Waals surface area contributed by atoms with Gasteiger partial charge >= 0.3 is 0 Å². The lowest BCUT2D eigenvalue weighted by Crippen LogP contribution is -1.90. The van der Waals surface area contributed by atoms with Crippen LogP contribution in [0.15, 0.2) is 309 Å². The molecule has 0 nitrogen and oxygen atoms in total. The van der Waals surface area contributed by atoms with Crippen molar-refractivity contribution in [2.75, 3.05) is 0 Å². The number of rotatable bonds is 7. The highest BCUT2D eigenvalue weighted by atomic mass is 14.1. The second-order valence-electron chi connectivity index (χ2n) is 28.3. The van der Waals surface area contributed by atoms with Crippen molar-refractivity contribution < 1.29 is 0 Å². The molecule has 0 aliphatic rings. The maximum atomic E-state index is 2.25. The van der Waals surface area contributed by atoms with E-state index in [1.807, 2.05) is 0 Å². The summed E-state index contributed by atoms with van der Waals surface area (Å²) >= 11 is 0. The Morgan fingerprint density at radius 3 is 0.767 bits per heavy atom. The molecule has 520 valence electrons. The van der Waals surface area contributed by atoms with Crippen LogP contribution in [0.4, 0.5) is 0 Å². The van der Waals surface area contributed by atoms with E-state index >= 15 is 0 Å². The highest BCUT2D eigenvalue weighted by Gasteiger charge is 2.09. The first kappa shape index (κ1) is 77.8. The number of aryl methyl sites for hydroxylation is 19. The molecule has 0 heteroatoms. The number of hydrogen-bond donors (Lipinski definition) is 0. The van der Waals surface area contributed by atoms with Gasteiger partial charge in [0.25, 0.3) is 0 Å². The molecule has 0 unspecified atom stereocenters. The van der Waals surface area contributed by atoms with Gasteiger partial charge in [0.15, 0.2) is 0 Å². The molecule has 0 saturated heterocycles. The van der Waals surface area contributed by atoms with Crippen molar-refractivity contribution in [3.05, 3.63) is 415 Å². The summed E-state index contributed by atoms with van der Waals surface area (Å²) in [5.74, 6) is 0. The van der Waals surface area contributed by atoms with Gasteiger partial charge in [-0.2, -0.15) is 0 Å². The molecule has 0 radical (unpaired) electrons. The third-order valence-electron chi connectivity index (χ3n) is 18.5. The predicted molar refractivity (Wildman–Crippen MR) is 453 cm³/mol. The van der Waals surface area contributed by atoms with Crippen molar-refractivity contribution in [1.29, 1.82) is 0 Å². The van der Waals surface area contributed by atoms with Crippen LogP contribution >= 0.6 is 0 Å². The minimum atomic E-state index is 1.29. The van der Waals surface area contributed by atoms with E-state index in [9.17, 15) is 0 Å². The van der Waals surface area contributed by atoms with E-state index in [1.54, 1.807) is 0 Å². The third-order valence-corrected chi connectivity index (χ3v) is 18.5. The first-order valence-corrected chi connectivity index (χ1v) is 36.4. The second kappa shape index (κ2) is 38.2. The summed E-state index contributed by atoms with van der Waals surface area (Å²) < 4.78 is 0. The molecule has 0 heterocycles. The van der Waals surface area contributed by atoms with Crippen molar-refractivity contribution in [3.8, 4) is 77.9 Å². The average molecular weight is 1350 g/mol. The smallest absolute Gasteiger partial charge is 0.0125 e. The molecule has 0 bridgehead atoms. The van der Waals surface area contributed by atoms with Gasteiger partial charge in [0.1, 0.15) is 0 Å². The molecular formula is C103H108. The van der Waals surface area contributed by atoms with Gasteiger partial charge in [0.05, 0.1) is 0 Å². The molecule has 0 amide bonds. The van der Waals surface area contributed by atoms with E-state index in [4.69, 9.17) is 0 Å². The summed E-state index contributed by atoms with van der Waals surface area (Å²) in [4.78, 5) is 0. The summed E-state index contributed by atoms with van der Waals surface area (Å²) in [6, 6.07) is 110. The maximum absolute atomic E-state index is 2.25. The standard InChI is InChI=1S/C16H18.3C15H16.3C14H14/c1-11-6-5-7-15(10-11)16-13(3)8-12(2)9-14(16)4;1-11-6-4-9-14(10-11)15-12(2)7-5-8-13(15)3;1-11-5-4-6-14(8-11)15-9-12(2)7-13(3)10-15;1-11-5-4-6-14(10-11)15-8-7-12(2)9-13(15)3;1-11-7-3-5-9-13(11)14-10-6-4-8-12(14)2;1-11-6-5-8-13(10-11)14-9-4-3-7-12(14)2;1-11-6-8-13(9-7-11)14-5-3-4-12(2)10-14/h5-10H,1-4H3;3*4-10H,1-3H3;3*3-10H,1-2H3. The van der Waals surface area contributed by atoms with Crippen molar-refractivity contribution in [3.63, 3.8) is 0 Å². The molecule has 0 aromatic heterocycles. The van der Waals surface area contributed by atoms with E-state index in [1.165, 1.54) is 184 Å². The lowest BCUT2D eigenvalue weighted by molar-refractivity contribution is 1.31. The fourth-order valence-electron chi connectivity index (χ4n) is 13.5. The number of hydrogen-bond acceptors (Lipinski definition) is 0. The molecule has 14 aromatic rings. The Bertz CT molecular complexity index is 4960. The average Bonchev–Trinajstić information content (AvgIpc) is 0.838. The number of benzene rings is 14. The van der Waals surface area contributed by atoms with E-state index in [0.29, 0.717) is 0 Å². The lowest BCUT2D eigenvalue weighted by Gasteiger charge is -2.12. The first-order valence-electron chi connectivity index (χ1n) is 36.4. The minimum absolute atomic E-state index is 1.29. The summed E-state index contributed by atoms with van der Waals surface area (Å²) in [6.45, 7) is 40.8. The van der Waals surface area contributed by atoms with E-state index in [2.05, 4.69) is 441 Å². The zero-order valence-electron chi connectivity index (χ0n) is 64.9. The zero-order valence-corrected chi connectivity index (χ0v) is 64.9. The molecule has 0 N–H and O–H groups in total. The van der Waals surface area contributed by atoms with E-state index < -0.39 is 0 Å². The first-order chi connectivity index (χ1) is 49.4. The van der Waals surface area contributed by atoms with Crippen molar-refractivity contribution in [2.45, 2.75) is 132 Å². The summed E-state index contributed by atoms with van der Waals surface area (Å²) in [5, 5.41) is 0. The fourth-order valence-corrected chi connectivity index (χ4v) is 13.5. The van der Waals surface area contributed by atoms with Crippen LogP contribution in [0.5, 0.6) is 0 Å². The van der Waals surface area contributed by atoms with Crippen molar-refractivity contribution in [2.24, 2.45) is 0 Å². The van der Waals surface area contributed by atoms with Gasteiger partial charge in [-0.1, -0.05) is 371 Å². The van der Waals surface area contributed by atoms with Crippen LogP contribution in [-0.4, -0.2) is 0 Å². The molecule has 0 atom stereocenters. The molecule has 0 aliphatic heterocycles. The molecule has 14 rings (SSSR count). The van der Waals surface area contributed by atoms with Crippen LogP contribution in [-0.2, 0) is 0 Å². The molecule has 0 fully saturated rings. The van der Waals surface area contributed by atoms with Crippen LogP contribution in [0.3, 0.4) is 0 Å². The molecular weight excluding hydrogens is 1240 g/mol. The van der Waals surface area contributed by atoms with Gasteiger partial charge in [-0.15, -0.1) is 0 Å². The van der Waals surface area contributed by atoms with Gasteiger partial charge in [0, 0.05) is 0 Å². The maximum Gasteiger partial charge on any atom is -0.0125 e. The molecule has 0 aliphatic carbocycles. The van der Waals surface area contributed by atoms with Gasteiger partial charge in [-0.25, -0.2) is 0 Å². The van der Waals surface area contributed by atoms with Crippen LogP contribution in [0, 0.1) is 132 Å². The third kappa shape index (κ3) is 23.6. The minimum Gasteiger partial charge on any atom is -0.0620 e. The largest absolute Gasteiger partial charge is 0.0620 e. The normalized spacial score (nSPS) is 10.3. The van der Waals surface area contributed by atoms with Gasteiger partial charge in [-0.05, 0) is 254 Å². The SMILES string of the molecule is Cc1ccc(-c2cccc(C)c2)cc1.Cc1cccc(-c2c(C)cc(C)cc2C)c1.Cc1cccc(-c2c(C)cccc2C)c1.Cc1cccc(-c2cc(C)cc(C)c2)c1.Cc1cccc(-c2ccc(C)cc2C)c1.Cc1cccc(-c2ccccc2C)c1.Cc1ccccc1-c1ccccc1C. The Morgan fingerprint density at radius 1 is 0.117 bits per heavy atom. The van der Waals surface area contributed by atoms with Gasteiger partial charge in [0.2, 0.25) is 0 Å². The summed E-state index contributed by atoms with van der Waals surface area (Å²) in [6.07, 6.45) is 0. The molecule has 103 heavy (non-hydrogen) atoms. The van der Waals surface area contributed by atoms with Crippen LogP contribution in [0.25, 0.3) is 77.9 Å². The van der Waals surface area contributed by atoms with Gasteiger partial charge < -0.3 is 0 Å². The summed E-state index contributed by atoms with van der Waals surface area (Å²) in [7, 11) is 0. The van der Waals surface area contributed by atoms with Crippen LogP contribution in [0.2, 0.25) is 0 Å². The van der Waals surface area contributed by atoms with Gasteiger partial charge in [-0.3, -0.25) is 0 Å². The van der Waals surface area contributed by atoms with Crippen molar-refractivity contribution in [1.82, 2.24) is 0 Å². The van der Waals surface area contributed by atoms with Crippen LogP contribution < -0.4 is 0 Å². The van der Waals surface area contributed by atoms with E-state index in [0.717, 1.165) is 0 Å². The Labute approximate surface area is 620 Å². The topological polar surface area (TPSA) is 0 Å². The zero-order chi connectivity index (χ0) is 74.1. The predicted octanol–water partition coefficient (Wildman–Crippen LogP) is 29.3. The highest BCUT2D eigenvalue weighted by Crippen LogP contribution is 2.32. The highest BCUT2D eigenvalue weighted by molar-refractivity contribution is 5.75. The molecule has 0 spiro atoms. The van der Waals surface area contributed by atoms with Crippen LogP contribution in [0.1, 0.15) is 106 Å². The Hall–Kier alpha value is -10.9. The van der Waals surface area contributed by atoms with Crippen molar-refractivity contribution >= 4 is 0 Å². The van der Waals surface area contributed by atoms with E-state index in [-0.39, 0.29) is 0 Å².